The molecule has 2 aromatic carbocycles. The maximum atomic E-state index is 13.1. The molecule has 3 rings (SSSR count). The number of carbonyl (C=O) groups is 1. The van der Waals surface area contributed by atoms with Crippen LogP contribution in [-0.2, 0) is 11.2 Å². The molecule has 0 bridgehead atoms. The van der Waals surface area contributed by atoms with Crippen LogP contribution < -0.4 is 5.32 Å². The molecule has 1 fully saturated rings. The molecular formula is C18H17ClFNO. The predicted molar refractivity (Wildman–Crippen MR) is 85.4 cm³/mol. The molecule has 22 heavy (non-hydrogen) atoms. The summed E-state index contributed by atoms with van der Waals surface area (Å²) in [4.78, 5) is 12.1. The summed E-state index contributed by atoms with van der Waals surface area (Å²) in [5.74, 6) is 0.0430. The fourth-order valence-electron chi connectivity index (χ4n) is 2.76. The molecule has 0 radical (unpaired) electrons. The average molecular weight is 318 g/mol. The molecule has 2 nitrogen and oxygen atoms in total. The van der Waals surface area contributed by atoms with Gasteiger partial charge in [0.1, 0.15) is 5.82 Å². The van der Waals surface area contributed by atoms with Crippen LogP contribution in [0.15, 0.2) is 48.5 Å². The van der Waals surface area contributed by atoms with Crippen molar-refractivity contribution < 1.29 is 9.18 Å². The van der Waals surface area contributed by atoms with Gasteiger partial charge in [0, 0.05) is 17.5 Å². The van der Waals surface area contributed by atoms with Gasteiger partial charge in [-0.15, -0.1) is 0 Å². The third-order valence-corrected chi connectivity index (χ3v) is 4.38. The summed E-state index contributed by atoms with van der Waals surface area (Å²) >= 11 is 6.16. The van der Waals surface area contributed by atoms with Gasteiger partial charge in [-0.1, -0.05) is 41.9 Å². The molecule has 2 atom stereocenters. The van der Waals surface area contributed by atoms with Crippen LogP contribution in [-0.4, -0.2) is 12.5 Å². The van der Waals surface area contributed by atoms with Crippen LogP contribution >= 0.6 is 11.6 Å². The molecule has 1 aliphatic rings. The molecule has 0 spiro atoms. The average Bonchev–Trinajstić information content (AvgIpc) is 3.28. The summed E-state index contributed by atoms with van der Waals surface area (Å²) in [5, 5.41) is 3.65. The van der Waals surface area contributed by atoms with Gasteiger partial charge >= 0.3 is 0 Å². The number of rotatable bonds is 5. The van der Waals surface area contributed by atoms with Gasteiger partial charge in [-0.05, 0) is 48.1 Å². The molecule has 1 aliphatic carbocycles. The highest BCUT2D eigenvalue weighted by Crippen LogP contribution is 2.49. The maximum Gasteiger partial charge on any atom is 0.223 e. The van der Waals surface area contributed by atoms with E-state index in [1.807, 2.05) is 30.3 Å². The standard InChI is InChI=1S/C18H17ClFNO/c19-17-7-2-1-6-14(17)15-11-16(15)18(22)21-9-8-12-4-3-5-13(20)10-12/h1-7,10,15-16H,8-9,11H2,(H,21,22). The number of nitrogens with one attached hydrogen (secondary N) is 1. The maximum absolute atomic E-state index is 13.1. The third kappa shape index (κ3) is 3.47. The molecule has 2 aromatic rings. The molecule has 4 heteroatoms. The summed E-state index contributed by atoms with van der Waals surface area (Å²) < 4.78 is 13.1. The second-order valence-corrected chi connectivity index (χ2v) is 6.05. The first kappa shape index (κ1) is 15.0. The highest BCUT2D eigenvalue weighted by molar-refractivity contribution is 6.31. The van der Waals surface area contributed by atoms with Crippen molar-refractivity contribution in [3.8, 4) is 0 Å². The zero-order valence-corrected chi connectivity index (χ0v) is 12.8. The Bertz CT molecular complexity index is 688. The highest BCUT2D eigenvalue weighted by atomic mass is 35.5. The molecule has 0 aromatic heterocycles. The Balaban J connectivity index is 1.49. The molecule has 114 valence electrons. The second kappa shape index (κ2) is 6.49. The molecule has 0 saturated heterocycles. The zero-order valence-electron chi connectivity index (χ0n) is 12.1. The van der Waals surface area contributed by atoms with Gasteiger partial charge in [-0.2, -0.15) is 0 Å². The molecule has 0 aliphatic heterocycles. The minimum absolute atomic E-state index is 0.00686. The van der Waals surface area contributed by atoms with Crippen molar-refractivity contribution >= 4 is 17.5 Å². The lowest BCUT2D eigenvalue weighted by molar-refractivity contribution is -0.122. The molecule has 2 unspecified atom stereocenters. The Morgan fingerprint density at radius 3 is 2.82 bits per heavy atom. The Labute approximate surface area is 134 Å². The Morgan fingerprint density at radius 1 is 1.23 bits per heavy atom. The van der Waals surface area contributed by atoms with Crippen molar-refractivity contribution in [1.82, 2.24) is 5.32 Å². The Morgan fingerprint density at radius 2 is 2.05 bits per heavy atom. The van der Waals surface area contributed by atoms with Gasteiger partial charge in [0.15, 0.2) is 0 Å². The summed E-state index contributed by atoms with van der Waals surface area (Å²) in [7, 11) is 0. The zero-order chi connectivity index (χ0) is 15.5. The van der Waals surface area contributed by atoms with Crippen LogP contribution in [0.3, 0.4) is 0 Å². The fourth-order valence-corrected chi connectivity index (χ4v) is 3.03. The lowest BCUT2D eigenvalue weighted by Gasteiger charge is -2.06. The van der Waals surface area contributed by atoms with Crippen molar-refractivity contribution in [3.05, 3.63) is 70.5 Å². The number of amides is 1. The topological polar surface area (TPSA) is 29.1 Å². The van der Waals surface area contributed by atoms with Crippen molar-refractivity contribution in [3.63, 3.8) is 0 Å². The van der Waals surface area contributed by atoms with E-state index in [1.54, 1.807) is 6.07 Å². The summed E-state index contributed by atoms with van der Waals surface area (Å²) in [6, 6.07) is 14.1. The normalized spacial score (nSPS) is 19.7. The fraction of sp³-hybridized carbons (Fsp3) is 0.278. The van der Waals surface area contributed by atoms with Crippen molar-refractivity contribution in [2.75, 3.05) is 6.54 Å². The SMILES string of the molecule is O=C(NCCc1cccc(F)c1)C1CC1c1ccccc1Cl. The monoisotopic (exact) mass is 317 g/mol. The molecule has 1 N–H and O–H groups in total. The van der Waals surface area contributed by atoms with E-state index in [-0.39, 0.29) is 23.6 Å². The number of benzene rings is 2. The van der Waals surface area contributed by atoms with Gasteiger partial charge < -0.3 is 5.32 Å². The van der Waals surface area contributed by atoms with E-state index < -0.39 is 0 Å². The Kier molecular flexibility index (Phi) is 4.44. The van der Waals surface area contributed by atoms with E-state index in [0.717, 1.165) is 22.6 Å². The van der Waals surface area contributed by atoms with Gasteiger partial charge in [0.2, 0.25) is 5.91 Å². The van der Waals surface area contributed by atoms with Gasteiger partial charge in [0.05, 0.1) is 0 Å². The number of hydrogen-bond donors (Lipinski definition) is 1. The summed E-state index contributed by atoms with van der Waals surface area (Å²) in [6.45, 7) is 0.522. The van der Waals surface area contributed by atoms with E-state index >= 15 is 0 Å². The minimum atomic E-state index is -0.246. The van der Waals surface area contributed by atoms with Gasteiger partial charge in [0.25, 0.3) is 0 Å². The van der Waals surface area contributed by atoms with Crippen LogP contribution in [0.4, 0.5) is 4.39 Å². The molecule has 1 amide bonds. The first-order chi connectivity index (χ1) is 10.6. The second-order valence-electron chi connectivity index (χ2n) is 5.64. The largest absolute Gasteiger partial charge is 0.356 e. The molecule has 1 saturated carbocycles. The first-order valence-corrected chi connectivity index (χ1v) is 7.79. The summed E-state index contributed by atoms with van der Waals surface area (Å²) in [5.41, 5.74) is 1.94. The summed E-state index contributed by atoms with van der Waals surface area (Å²) in [6.07, 6.45) is 1.47. The first-order valence-electron chi connectivity index (χ1n) is 7.42. The highest BCUT2D eigenvalue weighted by Gasteiger charge is 2.44. The van der Waals surface area contributed by atoms with Crippen LogP contribution in [0.25, 0.3) is 0 Å². The lowest BCUT2D eigenvalue weighted by atomic mass is 10.1. The quantitative estimate of drug-likeness (QED) is 0.889. The smallest absolute Gasteiger partial charge is 0.223 e. The number of carbonyl (C=O) groups excluding carboxylic acids is 1. The van der Waals surface area contributed by atoms with E-state index in [4.69, 9.17) is 11.6 Å². The van der Waals surface area contributed by atoms with E-state index in [9.17, 15) is 9.18 Å². The number of halogens is 2. The van der Waals surface area contributed by atoms with Gasteiger partial charge in [-0.25, -0.2) is 4.39 Å². The predicted octanol–water partition coefficient (Wildman–Crippen LogP) is 3.94. The lowest BCUT2D eigenvalue weighted by Crippen LogP contribution is -2.27. The van der Waals surface area contributed by atoms with Crippen LogP contribution in [0.5, 0.6) is 0 Å². The van der Waals surface area contributed by atoms with E-state index in [2.05, 4.69) is 5.32 Å². The van der Waals surface area contributed by atoms with Crippen LogP contribution in [0.2, 0.25) is 5.02 Å². The molecule has 0 heterocycles. The van der Waals surface area contributed by atoms with Crippen LogP contribution in [0.1, 0.15) is 23.5 Å². The van der Waals surface area contributed by atoms with Crippen molar-refractivity contribution in [1.29, 1.82) is 0 Å². The van der Waals surface area contributed by atoms with Crippen molar-refractivity contribution in [2.45, 2.75) is 18.8 Å². The molecular weight excluding hydrogens is 301 g/mol. The van der Waals surface area contributed by atoms with Crippen molar-refractivity contribution in [2.24, 2.45) is 5.92 Å². The van der Waals surface area contributed by atoms with Crippen LogP contribution in [0, 0.1) is 11.7 Å². The van der Waals surface area contributed by atoms with E-state index in [1.165, 1.54) is 12.1 Å². The number of hydrogen-bond acceptors (Lipinski definition) is 1. The van der Waals surface area contributed by atoms with E-state index in [0.29, 0.717) is 13.0 Å². The Hall–Kier alpha value is -1.87. The minimum Gasteiger partial charge on any atom is -0.356 e. The third-order valence-electron chi connectivity index (χ3n) is 4.03. The van der Waals surface area contributed by atoms with Gasteiger partial charge in [-0.3, -0.25) is 4.79 Å².